The van der Waals surface area contributed by atoms with Crippen LogP contribution in [0.15, 0.2) is 48.5 Å². The first kappa shape index (κ1) is 21.7. The minimum absolute atomic E-state index is 0.00463. The highest BCUT2D eigenvalue weighted by molar-refractivity contribution is 5.94. The number of benzene rings is 2. The highest BCUT2D eigenvalue weighted by Crippen LogP contribution is 2.17. The number of piperazine rings is 1. The third kappa shape index (κ3) is 5.75. The van der Waals surface area contributed by atoms with Gasteiger partial charge in [-0.05, 0) is 48.4 Å². The van der Waals surface area contributed by atoms with Gasteiger partial charge in [-0.25, -0.2) is 0 Å². The van der Waals surface area contributed by atoms with Gasteiger partial charge in [-0.2, -0.15) is 0 Å². The van der Waals surface area contributed by atoms with E-state index in [9.17, 15) is 9.59 Å². The Morgan fingerprint density at radius 1 is 0.933 bits per heavy atom. The summed E-state index contributed by atoms with van der Waals surface area (Å²) in [6.45, 7) is 4.99. The summed E-state index contributed by atoms with van der Waals surface area (Å²) in [7, 11) is 1.62. The lowest BCUT2D eigenvalue weighted by Crippen LogP contribution is -2.51. The van der Waals surface area contributed by atoms with Crippen molar-refractivity contribution in [2.75, 3.05) is 39.9 Å². The third-order valence-corrected chi connectivity index (χ3v) is 5.28. The van der Waals surface area contributed by atoms with Crippen molar-refractivity contribution in [2.45, 2.75) is 26.2 Å². The van der Waals surface area contributed by atoms with Gasteiger partial charge in [0, 0.05) is 31.7 Å². The molecule has 3 rings (SSSR count). The highest BCUT2D eigenvalue weighted by atomic mass is 16.5. The zero-order chi connectivity index (χ0) is 21.3. The topological polar surface area (TPSA) is 59.1 Å². The Bertz CT molecular complexity index is 843. The Morgan fingerprint density at radius 2 is 1.63 bits per heavy atom. The quantitative estimate of drug-likeness (QED) is 0.626. The number of carbonyl (C=O) groups is 2. The van der Waals surface area contributed by atoms with E-state index in [0.717, 1.165) is 29.9 Å². The molecule has 0 N–H and O–H groups in total. The lowest BCUT2D eigenvalue weighted by atomic mass is 10.1. The molecule has 30 heavy (non-hydrogen) atoms. The van der Waals surface area contributed by atoms with Crippen molar-refractivity contribution in [2.24, 2.45) is 0 Å². The summed E-state index contributed by atoms with van der Waals surface area (Å²) in [4.78, 5) is 29.0. The largest absolute Gasteiger partial charge is 0.497 e. The fourth-order valence-electron chi connectivity index (χ4n) is 3.44. The number of rotatable bonds is 8. The second kappa shape index (κ2) is 10.7. The molecular formula is C24H30N2O4. The highest BCUT2D eigenvalue weighted by Gasteiger charge is 2.25. The molecule has 160 valence electrons. The van der Waals surface area contributed by atoms with Gasteiger partial charge in [0.25, 0.3) is 5.91 Å². The summed E-state index contributed by atoms with van der Waals surface area (Å²) in [6, 6.07) is 14.9. The van der Waals surface area contributed by atoms with Crippen LogP contribution in [-0.2, 0) is 11.2 Å². The second-order valence-corrected chi connectivity index (χ2v) is 7.43. The van der Waals surface area contributed by atoms with Gasteiger partial charge in [0.2, 0.25) is 5.91 Å². The van der Waals surface area contributed by atoms with E-state index in [1.807, 2.05) is 58.3 Å². The molecule has 2 aromatic carbocycles. The first-order chi connectivity index (χ1) is 14.6. The molecule has 0 radical (unpaired) electrons. The number of unbranched alkanes of at least 4 members (excludes halogenated alkanes) is 1. The zero-order valence-electron chi connectivity index (χ0n) is 17.8. The van der Waals surface area contributed by atoms with Gasteiger partial charge in [-0.1, -0.05) is 25.5 Å². The maximum atomic E-state index is 12.8. The van der Waals surface area contributed by atoms with Crippen molar-refractivity contribution in [1.82, 2.24) is 9.80 Å². The summed E-state index contributed by atoms with van der Waals surface area (Å²) in [6.07, 6.45) is 2.44. The van der Waals surface area contributed by atoms with Crippen LogP contribution in [0.4, 0.5) is 0 Å². The monoisotopic (exact) mass is 410 g/mol. The summed E-state index contributed by atoms with van der Waals surface area (Å²) in [5.41, 5.74) is 1.58. The van der Waals surface area contributed by atoms with E-state index >= 15 is 0 Å². The average molecular weight is 411 g/mol. The van der Waals surface area contributed by atoms with Gasteiger partial charge in [0.1, 0.15) is 11.5 Å². The molecule has 0 aromatic heterocycles. The van der Waals surface area contributed by atoms with Crippen molar-refractivity contribution in [3.05, 3.63) is 59.7 Å². The maximum Gasteiger partial charge on any atom is 0.253 e. The average Bonchev–Trinajstić information content (AvgIpc) is 2.79. The minimum atomic E-state index is -0.00463. The number of hydrogen-bond donors (Lipinski definition) is 0. The molecule has 0 unspecified atom stereocenters. The van der Waals surface area contributed by atoms with E-state index in [-0.39, 0.29) is 11.8 Å². The molecule has 1 saturated heterocycles. The maximum absolute atomic E-state index is 12.8. The Morgan fingerprint density at radius 3 is 2.30 bits per heavy atom. The van der Waals surface area contributed by atoms with Gasteiger partial charge in [0.05, 0.1) is 20.1 Å². The molecule has 0 aliphatic carbocycles. The number of hydrogen-bond acceptors (Lipinski definition) is 4. The number of methoxy groups -OCH3 is 1. The van der Waals surface area contributed by atoms with E-state index in [1.165, 1.54) is 0 Å². The predicted octanol–water partition coefficient (Wildman–Crippen LogP) is 3.40. The third-order valence-electron chi connectivity index (χ3n) is 5.28. The molecule has 1 aliphatic heterocycles. The molecule has 1 fully saturated rings. The van der Waals surface area contributed by atoms with Crippen LogP contribution in [0.1, 0.15) is 35.7 Å². The molecule has 0 atom stereocenters. The van der Waals surface area contributed by atoms with E-state index < -0.39 is 0 Å². The number of ether oxygens (including phenoxy) is 2. The van der Waals surface area contributed by atoms with Gasteiger partial charge >= 0.3 is 0 Å². The van der Waals surface area contributed by atoms with Crippen LogP contribution in [0.5, 0.6) is 11.5 Å². The molecule has 0 bridgehead atoms. The fourth-order valence-corrected chi connectivity index (χ4v) is 3.44. The van der Waals surface area contributed by atoms with Crippen molar-refractivity contribution in [3.63, 3.8) is 0 Å². The van der Waals surface area contributed by atoms with E-state index in [4.69, 9.17) is 9.47 Å². The molecule has 6 nitrogen and oxygen atoms in total. The summed E-state index contributed by atoms with van der Waals surface area (Å²) in [5.74, 6) is 1.60. The number of amides is 2. The van der Waals surface area contributed by atoms with Crippen LogP contribution in [0.2, 0.25) is 0 Å². The predicted molar refractivity (Wildman–Crippen MR) is 116 cm³/mol. The van der Waals surface area contributed by atoms with E-state index in [1.54, 1.807) is 7.11 Å². The molecule has 0 saturated carbocycles. The number of nitrogens with zero attached hydrogens (tertiary/aromatic N) is 2. The van der Waals surface area contributed by atoms with Crippen LogP contribution in [0.25, 0.3) is 0 Å². The standard InChI is InChI=1S/C24H30N2O4/c1-3-4-16-30-21-10-8-20(9-11-21)24(28)26-14-12-25(13-15-26)23(27)18-19-6-5-7-22(17-19)29-2/h5-11,17H,3-4,12-16,18H2,1-2H3. The Labute approximate surface area is 178 Å². The Balaban J connectivity index is 1.49. The van der Waals surface area contributed by atoms with Crippen LogP contribution in [-0.4, -0.2) is 61.5 Å². The molecule has 6 heteroatoms. The van der Waals surface area contributed by atoms with Crippen LogP contribution in [0, 0.1) is 0 Å². The summed E-state index contributed by atoms with van der Waals surface area (Å²) < 4.78 is 10.9. The summed E-state index contributed by atoms with van der Waals surface area (Å²) in [5, 5.41) is 0. The second-order valence-electron chi connectivity index (χ2n) is 7.43. The molecule has 0 spiro atoms. The fraction of sp³-hybridized carbons (Fsp3) is 0.417. The number of carbonyl (C=O) groups excluding carboxylic acids is 2. The Hall–Kier alpha value is -3.02. The van der Waals surface area contributed by atoms with Gasteiger partial charge in [-0.15, -0.1) is 0 Å². The van der Waals surface area contributed by atoms with Crippen LogP contribution < -0.4 is 9.47 Å². The van der Waals surface area contributed by atoms with Gasteiger partial charge in [0.15, 0.2) is 0 Å². The SMILES string of the molecule is CCCCOc1ccc(C(=O)N2CCN(C(=O)Cc3cccc(OC)c3)CC2)cc1. The van der Waals surface area contributed by atoms with Gasteiger partial charge < -0.3 is 19.3 Å². The van der Waals surface area contributed by atoms with Crippen LogP contribution >= 0.6 is 0 Å². The lowest BCUT2D eigenvalue weighted by Gasteiger charge is -2.35. The zero-order valence-corrected chi connectivity index (χ0v) is 17.8. The van der Waals surface area contributed by atoms with Crippen LogP contribution in [0.3, 0.4) is 0 Å². The van der Waals surface area contributed by atoms with Crippen molar-refractivity contribution in [1.29, 1.82) is 0 Å². The molecular weight excluding hydrogens is 380 g/mol. The molecule has 2 aromatic rings. The van der Waals surface area contributed by atoms with Gasteiger partial charge in [-0.3, -0.25) is 9.59 Å². The first-order valence-corrected chi connectivity index (χ1v) is 10.5. The van der Waals surface area contributed by atoms with Crippen molar-refractivity contribution >= 4 is 11.8 Å². The minimum Gasteiger partial charge on any atom is -0.497 e. The Kier molecular flexibility index (Phi) is 7.71. The molecule has 1 aliphatic rings. The first-order valence-electron chi connectivity index (χ1n) is 10.5. The van der Waals surface area contributed by atoms with Crippen molar-refractivity contribution < 1.29 is 19.1 Å². The molecule has 2 amide bonds. The molecule has 1 heterocycles. The summed E-state index contributed by atoms with van der Waals surface area (Å²) >= 11 is 0. The normalized spacial score (nSPS) is 13.8. The van der Waals surface area contributed by atoms with Crippen molar-refractivity contribution in [3.8, 4) is 11.5 Å². The smallest absolute Gasteiger partial charge is 0.253 e. The van der Waals surface area contributed by atoms with E-state index in [0.29, 0.717) is 44.8 Å². The van der Waals surface area contributed by atoms with E-state index in [2.05, 4.69) is 6.92 Å². The lowest BCUT2D eigenvalue weighted by molar-refractivity contribution is -0.131.